The van der Waals surface area contributed by atoms with Crippen LogP contribution in [0.3, 0.4) is 0 Å². The Labute approximate surface area is 110 Å². The van der Waals surface area contributed by atoms with Gasteiger partial charge >= 0.3 is 5.97 Å². The fourth-order valence-electron chi connectivity index (χ4n) is 2.33. The number of hydrogen-bond donors (Lipinski definition) is 1. The van der Waals surface area contributed by atoms with Gasteiger partial charge < -0.3 is 14.6 Å². The van der Waals surface area contributed by atoms with Gasteiger partial charge in [0.15, 0.2) is 0 Å². The molecule has 0 fully saturated rings. The third-order valence-electron chi connectivity index (χ3n) is 3.23. The predicted octanol–water partition coefficient (Wildman–Crippen LogP) is 3.02. The highest BCUT2D eigenvalue weighted by molar-refractivity contribution is 5.84. The second kappa shape index (κ2) is 4.31. The van der Waals surface area contributed by atoms with Crippen LogP contribution < -0.4 is 9.47 Å². The smallest absolute Gasteiger partial charge is 0.315 e. The second-order valence-corrected chi connectivity index (χ2v) is 4.31. The zero-order valence-electron chi connectivity index (χ0n) is 10.3. The van der Waals surface area contributed by atoms with E-state index in [-0.39, 0.29) is 0 Å². The van der Waals surface area contributed by atoms with E-state index in [1.807, 2.05) is 12.1 Å². The van der Waals surface area contributed by atoms with Crippen molar-refractivity contribution >= 4 is 5.97 Å². The number of aliphatic carboxylic acids is 1. The molecule has 2 aromatic carbocycles. The first kappa shape index (κ1) is 11.6. The number of para-hydroxylation sites is 1. The summed E-state index contributed by atoms with van der Waals surface area (Å²) in [6.07, 6.45) is 0. The maximum atomic E-state index is 11.5. The fourth-order valence-corrected chi connectivity index (χ4v) is 2.33. The molecule has 1 atom stereocenters. The Hall–Kier alpha value is -2.49. The van der Waals surface area contributed by atoms with E-state index in [9.17, 15) is 9.90 Å². The molecule has 0 amide bonds. The standard InChI is InChI=1S/C15H12O4/c1-18-9-6-7-11-13(8-9)19-12-5-3-2-4-10(12)14(11)15(16)17/h2-8,14H,1H3,(H,16,17). The molecule has 96 valence electrons. The zero-order chi connectivity index (χ0) is 13.4. The van der Waals surface area contributed by atoms with Crippen molar-refractivity contribution in [1.82, 2.24) is 0 Å². The third kappa shape index (κ3) is 1.81. The summed E-state index contributed by atoms with van der Waals surface area (Å²) in [6, 6.07) is 12.4. The Kier molecular flexibility index (Phi) is 2.63. The molecule has 4 heteroatoms. The number of hydrogen-bond acceptors (Lipinski definition) is 3. The van der Waals surface area contributed by atoms with E-state index >= 15 is 0 Å². The van der Waals surface area contributed by atoms with Gasteiger partial charge in [0, 0.05) is 17.2 Å². The summed E-state index contributed by atoms with van der Waals surface area (Å²) in [5, 5.41) is 9.47. The van der Waals surface area contributed by atoms with Crippen LogP contribution in [-0.4, -0.2) is 18.2 Å². The minimum atomic E-state index is -0.887. The van der Waals surface area contributed by atoms with E-state index in [1.54, 1.807) is 37.4 Å². The van der Waals surface area contributed by atoms with Gasteiger partial charge in [0.1, 0.15) is 23.2 Å². The molecule has 4 nitrogen and oxygen atoms in total. The van der Waals surface area contributed by atoms with E-state index in [2.05, 4.69) is 0 Å². The van der Waals surface area contributed by atoms with E-state index in [4.69, 9.17) is 9.47 Å². The van der Waals surface area contributed by atoms with Crippen LogP contribution in [0, 0.1) is 0 Å². The van der Waals surface area contributed by atoms with Crippen LogP contribution in [0.4, 0.5) is 0 Å². The molecular formula is C15H12O4. The van der Waals surface area contributed by atoms with Gasteiger partial charge in [-0.3, -0.25) is 4.79 Å². The number of fused-ring (bicyclic) bond motifs is 2. The number of carboxylic acid groups (broad SMARTS) is 1. The van der Waals surface area contributed by atoms with Crippen LogP contribution in [0.2, 0.25) is 0 Å². The Morgan fingerprint density at radius 1 is 1.16 bits per heavy atom. The number of ether oxygens (including phenoxy) is 2. The quantitative estimate of drug-likeness (QED) is 0.897. The highest BCUT2D eigenvalue weighted by atomic mass is 16.5. The molecule has 1 aliphatic rings. The van der Waals surface area contributed by atoms with Gasteiger partial charge in [-0.1, -0.05) is 24.3 Å². The number of carboxylic acids is 1. The zero-order valence-corrected chi connectivity index (χ0v) is 10.3. The molecule has 0 radical (unpaired) electrons. The third-order valence-corrected chi connectivity index (χ3v) is 3.23. The number of rotatable bonds is 2. The Morgan fingerprint density at radius 2 is 1.89 bits per heavy atom. The van der Waals surface area contributed by atoms with Crippen molar-refractivity contribution in [2.75, 3.05) is 7.11 Å². The Morgan fingerprint density at radius 3 is 2.63 bits per heavy atom. The Balaban J connectivity index is 2.19. The molecule has 2 aromatic rings. The highest BCUT2D eigenvalue weighted by Crippen LogP contribution is 2.45. The molecule has 0 bridgehead atoms. The lowest BCUT2D eigenvalue weighted by molar-refractivity contribution is -0.137. The molecule has 1 aliphatic heterocycles. The number of methoxy groups -OCH3 is 1. The summed E-state index contributed by atoms with van der Waals surface area (Å²) >= 11 is 0. The second-order valence-electron chi connectivity index (χ2n) is 4.31. The molecule has 0 spiro atoms. The summed E-state index contributed by atoms with van der Waals surface area (Å²) < 4.78 is 10.9. The van der Waals surface area contributed by atoms with Gasteiger partial charge in [0.25, 0.3) is 0 Å². The first-order chi connectivity index (χ1) is 9.20. The minimum Gasteiger partial charge on any atom is -0.497 e. The molecular weight excluding hydrogens is 244 g/mol. The summed E-state index contributed by atoms with van der Waals surface area (Å²) in [5.41, 5.74) is 1.32. The summed E-state index contributed by atoms with van der Waals surface area (Å²) in [5.74, 6) is 0.163. The lowest BCUT2D eigenvalue weighted by Gasteiger charge is -2.25. The van der Waals surface area contributed by atoms with Gasteiger partial charge in [-0.2, -0.15) is 0 Å². The van der Waals surface area contributed by atoms with E-state index < -0.39 is 11.9 Å². The van der Waals surface area contributed by atoms with Crippen LogP contribution >= 0.6 is 0 Å². The lowest BCUT2D eigenvalue weighted by atomic mass is 9.88. The Bertz CT molecular complexity index is 648. The molecule has 3 rings (SSSR count). The number of carbonyl (C=O) groups is 1. The summed E-state index contributed by atoms with van der Waals surface area (Å²) in [6.45, 7) is 0. The topological polar surface area (TPSA) is 55.8 Å². The van der Waals surface area contributed by atoms with Crippen LogP contribution in [0.5, 0.6) is 17.2 Å². The molecule has 1 heterocycles. The number of benzene rings is 2. The SMILES string of the molecule is COc1ccc2c(c1)Oc1ccccc1C2C(=O)O. The van der Waals surface area contributed by atoms with Crippen molar-refractivity contribution in [2.24, 2.45) is 0 Å². The molecule has 0 saturated carbocycles. The van der Waals surface area contributed by atoms with Crippen molar-refractivity contribution in [3.63, 3.8) is 0 Å². The molecule has 1 unspecified atom stereocenters. The average Bonchev–Trinajstić information content (AvgIpc) is 2.43. The van der Waals surface area contributed by atoms with E-state index in [0.29, 0.717) is 28.4 Å². The maximum Gasteiger partial charge on any atom is 0.315 e. The molecule has 0 aliphatic carbocycles. The summed E-state index contributed by atoms with van der Waals surface area (Å²) in [4.78, 5) is 11.5. The highest BCUT2D eigenvalue weighted by Gasteiger charge is 2.32. The molecule has 1 N–H and O–H groups in total. The van der Waals surface area contributed by atoms with E-state index in [1.165, 1.54) is 0 Å². The van der Waals surface area contributed by atoms with Gasteiger partial charge in [0.2, 0.25) is 0 Å². The van der Waals surface area contributed by atoms with Gasteiger partial charge in [-0.25, -0.2) is 0 Å². The van der Waals surface area contributed by atoms with Crippen molar-refractivity contribution in [1.29, 1.82) is 0 Å². The van der Waals surface area contributed by atoms with Gasteiger partial charge in [-0.15, -0.1) is 0 Å². The van der Waals surface area contributed by atoms with Crippen LogP contribution in [0.1, 0.15) is 17.0 Å². The fraction of sp³-hybridized carbons (Fsp3) is 0.133. The van der Waals surface area contributed by atoms with Gasteiger partial charge in [-0.05, 0) is 12.1 Å². The lowest BCUT2D eigenvalue weighted by Crippen LogP contribution is -2.18. The summed E-state index contributed by atoms with van der Waals surface area (Å²) in [7, 11) is 1.56. The first-order valence-corrected chi connectivity index (χ1v) is 5.88. The van der Waals surface area contributed by atoms with Crippen molar-refractivity contribution in [3.05, 3.63) is 53.6 Å². The van der Waals surface area contributed by atoms with Crippen molar-refractivity contribution < 1.29 is 19.4 Å². The van der Waals surface area contributed by atoms with Crippen molar-refractivity contribution in [3.8, 4) is 17.2 Å². The predicted molar refractivity (Wildman–Crippen MR) is 69.0 cm³/mol. The normalized spacial score (nSPS) is 15.9. The molecule has 19 heavy (non-hydrogen) atoms. The monoisotopic (exact) mass is 256 g/mol. The van der Waals surface area contributed by atoms with Crippen molar-refractivity contribution in [2.45, 2.75) is 5.92 Å². The maximum absolute atomic E-state index is 11.5. The van der Waals surface area contributed by atoms with Crippen LogP contribution in [-0.2, 0) is 4.79 Å². The minimum absolute atomic E-state index is 0.533. The largest absolute Gasteiger partial charge is 0.497 e. The van der Waals surface area contributed by atoms with Gasteiger partial charge in [0.05, 0.1) is 7.11 Å². The van der Waals surface area contributed by atoms with Crippen LogP contribution in [0.25, 0.3) is 0 Å². The average molecular weight is 256 g/mol. The molecule has 0 saturated heterocycles. The first-order valence-electron chi connectivity index (χ1n) is 5.88. The molecule has 0 aromatic heterocycles. The van der Waals surface area contributed by atoms with E-state index in [0.717, 1.165) is 0 Å². The van der Waals surface area contributed by atoms with Crippen LogP contribution in [0.15, 0.2) is 42.5 Å².